The zero-order valence-corrected chi connectivity index (χ0v) is 45.5. The highest BCUT2D eigenvalue weighted by molar-refractivity contribution is 7.00. The average Bonchev–Trinajstić information content (AvgIpc) is 4.19. The number of anilines is 6. The average molecular weight is 1010 g/mol. The van der Waals surface area contributed by atoms with Gasteiger partial charge in [-0.2, -0.15) is 0 Å². The van der Waals surface area contributed by atoms with Crippen molar-refractivity contribution in [1.82, 2.24) is 0 Å². The molecule has 0 unspecified atom stereocenters. The number of nitrogens with zero attached hydrogens (tertiary/aromatic N) is 2. The summed E-state index contributed by atoms with van der Waals surface area (Å²) in [5, 5.41) is 0. The Morgan fingerprint density at radius 3 is 0.924 bits per heavy atom. The van der Waals surface area contributed by atoms with Gasteiger partial charge >= 0.3 is 0 Å². The van der Waals surface area contributed by atoms with Gasteiger partial charge < -0.3 is 9.80 Å². The molecule has 0 bridgehead atoms. The fourth-order valence-electron chi connectivity index (χ4n) is 16.0. The smallest absolute Gasteiger partial charge is 0.252 e. The number of hydrogen-bond acceptors (Lipinski definition) is 2. The lowest BCUT2D eigenvalue weighted by Crippen LogP contribution is -2.61. The Labute approximate surface area is 464 Å². The fourth-order valence-corrected chi connectivity index (χ4v) is 16.0. The summed E-state index contributed by atoms with van der Waals surface area (Å²) in [6, 6.07) is 91.7. The van der Waals surface area contributed by atoms with E-state index in [1.54, 1.807) is 0 Å². The SMILES string of the molecule is CC(C)(C)c1ccc2c(c1)B1c3cc(C(C)(C)C)ccc3N(c3cccc4c3-c3ccccc3C43c4ccccc4-c4ccccc43)c3cccc(c31)N2c1cccc2c1-c1ccccc1C21c2ccccc2-c2ccccc21. The molecule has 4 aliphatic carbocycles. The summed E-state index contributed by atoms with van der Waals surface area (Å²) >= 11 is 0. The van der Waals surface area contributed by atoms with Crippen LogP contribution in [-0.2, 0) is 21.7 Å². The number of rotatable bonds is 2. The maximum atomic E-state index is 2.67. The Morgan fingerprint density at radius 2 is 0.570 bits per heavy atom. The van der Waals surface area contributed by atoms with E-state index in [2.05, 4.69) is 288 Å². The molecule has 0 saturated carbocycles. The van der Waals surface area contributed by atoms with E-state index in [0.717, 1.165) is 0 Å². The summed E-state index contributed by atoms with van der Waals surface area (Å²) in [6.07, 6.45) is 0. The molecule has 0 aromatic heterocycles. The lowest BCUT2D eigenvalue weighted by molar-refractivity contribution is 0.590. The van der Waals surface area contributed by atoms with E-state index >= 15 is 0 Å². The summed E-state index contributed by atoms with van der Waals surface area (Å²) < 4.78 is 0. The van der Waals surface area contributed by atoms with Crippen LogP contribution in [0, 0.1) is 0 Å². The molecular weight excluding hydrogens is 952 g/mol. The normalized spacial score (nSPS) is 15.3. The number of fused-ring (bicyclic) bond motifs is 24. The third-order valence-electron chi connectivity index (χ3n) is 19.2. The van der Waals surface area contributed by atoms with Crippen LogP contribution >= 0.6 is 0 Å². The van der Waals surface area contributed by atoms with E-state index < -0.39 is 10.8 Å². The van der Waals surface area contributed by atoms with E-state index in [0.29, 0.717) is 0 Å². The Balaban J connectivity index is 0.969. The molecule has 0 fully saturated rings. The highest BCUT2D eigenvalue weighted by Crippen LogP contribution is 2.67. The van der Waals surface area contributed by atoms with Gasteiger partial charge in [0.1, 0.15) is 0 Å². The van der Waals surface area contributed by atoms with Crippen molar-refractivity contribution in [2.45, 2.75) is 63.2 Å². The molecule has 0 saturated heterocycles. The molecule has 11 aromatic rings. The second-order valence-electron chi connectivity index (χ2n) is 25.0. The van der Waals surface area contributed by atoms with Gasteiger partial charge in [0.2, 0.25) is 0 Å². The summed E-state index contributed by atoms with van der Waals surface area (Å²) in [6.45, 7) is 14.1. The van der Waals surface area contributed by atoms with E-state index in [1.807, 2.05) is 0 Å². The molecule has 3 heteroatoms. The molecule has 0 amide bonds. The highest BCUT2D eigenvalue weighted by atomic mass is 15.2. The van der Waals surface area contributed by atoms with Crippen molar-refractivity contribution in [2.75, 3.05) is 9.80 Å². The van der Waals surface area contributed by atoms with Crippen LogP contribution in [0.3, 0.4) is 0 Å². The monoisotopic (exact) mass is 1010 g/mol. The van der Waals surface area contributed by atoms with Crippen molar-refractivity contribution in [3.8, 4) is 44.5 Å². The van der Waals surface area contributed by atoms with Crippen LogP contribution in [0.15, 0.2) is 237 Å². The first-order valence-electron chi connectivity index (χ1n) is 28.4. The molecule has 2 aliphatic heterocycles. The molecule has 2 nitrogen and oxygen atoms in total. The van der Waals surface area contributed by atoms with E-state index in [1.165, 1.54) is 151 Å². The highest BCUT2D eigenvalue weighted by Gasteiger charge is 2.55. The quantitative estimate of drug-likeness (QED) is 0.159. The first kappa shape index (κ1) is 45.1. The van der Waals surface area contributed by atoms with Crippen molar-refractivity contribution < 1.29 is 0 Å². The molecule has 2 spiro atoms. The Bertz CT molecular complexity index is 4130. The Kier molecular flexibility index (Phi) is 8.81. The molecule has 6 aliphatic rings. The van der Waals surface area contributed by atoms with Gasteiger partial charge in [0.25, 0.3) is 6.71 Å². The largest absolute Gasteiger partial charge is 0.311 e. The van der Waals surface area contributed by atoms with Crippen LogP contribution in [0.5, 0.6) is 0 Å². The molecule has 79 heavy (non-hydrogen) atoms. The zero-order valence-electron chi connectivity index (χ0n) is 45.5. The molecule has 11 aromatic carbocycles. The summed E-state index contributed by atoms with van der Waals surface area (Å²) in [5.41, 5.74) is 34.2. The van der Waals surface area contributed by atoms with Crippen LogP contribution < -0.4 is 26.2 Å². The Morgan fingerprint density at radius 1 is 0.278 bits per heavy atom. The van der Waals surface area contributed by atoms with Crippen molar-refractivity contribution >= 4 is 57.2 Å². The van der Waals surface area contributed by atoms with Gasteiger partial charge in [-0.3, -0.25) is 0 Å². The van der Waals surface area contributed by atoms with Gasteiger partial charge in [-0.05, 0) is 153 Å². The Hall–Kier alpha value is -8.92. The lowest BCUT2D eigenvalue weighted by atomic mass is 9.33. The van der Waals surface area contributed by atoms with Crippen molar-refractivity contribution in [2.24, 2.45) is 0 Å². The van der Waals surface area contributed by atoms with Crippen LogP contribution in [0.2, 0.25) is 0 Å². The van der Waals surface area contributed by atoms with Gasteiger partial charge in [0.05, 0.1) is 22.2 Å². The molecule has 0 atom stereocenters. The fraction of sp³-hybridized carbons (Fsp3) is 0.132. The molecule has 0 N–H and O–H groups in total. The predicted octanol–water partition coefficient (Wildman–Crippen LogP) is 17.1. The molecule has 0 radical (unpaired) electrons. The van der Waals surface area contributed by atoms with Crippen LogP contribution in [0.4, 0.5) is 34.1 Å². The van der Waals surface area contributed by atoms with E-state index in [-0.39, 0.29) is 17.5 Å². The molecular formula is C76H57BN2. The minimum absolute atomic E-state index is 0.0405. The van der Waals surface area contributed by atoms with Crippen molar-refractivity contribution in [3.05, 3.63) is 292 Å². The molecule has 17 rings (SSSR count). The van der Waals surface area contributed by atoms with Gasteiger partial charge in [-0.25, -0.2) is 0 Å². The third-order valence-corrected chi connectivity index (χ3v) is 19.2. The van der Waals surface area contributed by atoms with Crippen LogP contribution in [0.1, 0.15) is 97.2 Å². The minimum Gasteiger partial charge on any atom is -0.311 e. The van der Waals surface area contributed by atoms with E-state index in [4.69, 9.17) is 0 Å². The predicted molar refractivity (Wildman–Crippen MR) is 330 cm³/mol. The topological polar surface area (TPSA) is 6.48 Å². The van der Waals surface area contributed by atoms with Crippen LogP contribution in [0.25, 0.3) is 44.5 Å². The van der Waals surface area contributed by atoms with Gasteiger partial charge in [-0.15, -0.1) is 0 Å². The van der Waals surface area contributed by atoms with Gasteiger partial charge in [-0.1, -0.05) is 242 Å². The lowest BCUT2D eigenvalue weighted by Gasteiger charge is -2.45. The second kappa shape index (κ2) is 15.4. The summed E-state index contributed by atoms with van der Waals surface area (Å²) in [4.78, 5) is 5.34. The maximum absolute atomic E-state index is 2.67. The second-order valence-corrected chi connectivity index (χ2v) is 25.0. The number of hydrogen-bond donors (Lipinski definition) is 0. The molecule has 2 heterocycles. The van der Waals surface area contributed by atoms with Crippen LogP contribution in [-0.4, -0.2) is 6.71 Å². The minimum atomic E-state index is -0.469. The van der Waals surface area contributed by atoms with Crippen molar-refractivity contribution in [3.63, 3.8) is 0 Å². The zero-order chi connectivity index (χ0) is 52.9. The molecule has 374 valence electrons. The van der Waals surface area contributed by atoms with Crippen molar-refractivity contribution in [1.29, 1.82) is 0 Å². The van der Waals surface area contributed by atoms with E-state index in [9.17, 15) is 0 Å². The summed E-state index contributed by atoms with van der Waals surface area (Å²) in [7, 11) is 0. The standard InChI is InChI=1S/C76H57BN2/c1-73(2,3)46-40-42-64-62(44-46)77-63-45-47(74(4,5)6)41-43-65(63)79(67-37-20-35-61-71(67)53-27-12-18-33-59(53)76(61)56-30-15-9-24-50(56)51-25-10-16-31-57(51)76)69-39-21-38-68(72(69)77)78(64)66-36-19-34-60-70(66)52-26-11-17-32-58(52)75(60)54-28-13-7-22-48(54)49-23-8-14-29-55(49)75/h7-45H,1-6H3. The maximum Gasteiger partial charge on any atom is 0.252 e. The van der Waals surface area contributed by atoms with Gasteiger partial charge in [0, 0.05) is 33.9 Å². The number of benzene rings is 11. The van der Waals surface area contributed by atoms with Gasteiger partial charge in [0.15, 0.2) is 0 Å². The summed E-state index contributed by atoms with van der Waals surface area (Å²) in [5.74, 6) is 0. The third kappa shape index (κ3) is 5.53. The first-order valence-corrected chi connectivity index (χ1v) is 28.4. The first-order chi connectivity index (χ1) is 38.5.